The van der Waals surface area contributed by atoms with Crippen molar-refractivity contribution in [3.63, 3.8) is 0 Å². The molecule has 0 saturated carbocycles. The number of benzene rings is 1. The number of fused-ring (bicyclic) bond motifs is 1. The van der Waals surface area contributed by atoms with Gasteiger partial charge in [-0.25, -0.2) is 4.98 Å². The minimum absolute atomic E-state index is 0. The molecule has 0 aliphatic rings. The van der Waals surface area contributed by atoms with Crippen molar-refractivity contribution in [2.45, 2.75) is 32.9 Å². The number of aliphatic imine (C=N–C) groups is 1. The average Bonchev–Trinajstić information content (AvgIpc) is 3.15. The van der Waals surface area contributed by atoms with Gasteiger partial charge in [-0.1, -0.05) is 12.1 Å². The van der Waals surface area contributed by atoms with Crippen LogP contribution < -0.4 is 10.6 Å². The smallest absolute Gasteiger partial charge is 0.191 e. The molecule has 26 heavy (non-hydrogen) atoms. The minimum atomic E-state index is 0. The summed E-state index contributed by atoms with van der Waals surface area (Å²) in [4.78, 5) is 11.8. The van der Waals surface area contributed by atoms with Crippen LogP contribution in [0.3, 0.4) is 0 Å². The second-order valence-corrected chi connectivity index (χ2v) is 7.64. The molecule has 1 atom stereocenters. The van der Waals surface area contributed by atoms with Gasteiger partial charge < -0.3 is 15.2 Å². The maximum absolute atomic E-state index is 4.69. The van der Waals surface area contributed by atoms with E-state index < -0.39 is 0 Å². The van der Waals surface area contributed by atoms with Crippen molar-refractivity contribution in [3.8, 4) is 0 Å². The molecule has 2 aromatic heterocycles. The van der Waals surface area contributed by atoms with Crippen molar-refractivity contribution in [1.82, 2.24) is 20.2 Å². The first-order chi connectivity index (χ1) is 12.1. The lowest BCUT2D eigenvalue weighted by molar-refractivity contribution is 0.638. The first-order valence-corrected chi connectivity index (χ1v) is 9.31. The molecular formula is C19H26IN5S. The van der Waals surface area contributed by atoms with Crippen molar-refractivity contribution in [3.05, 3.63) is 52.0 Å². The molecule has 2 N–H and O–H groups in total. The third-order valence-corrected chi connectivity index (χ3v) is 5.23. The molecule has 0 radical (unpaired) electrons. The number of hydrogen-bond donors (Lipinski definition) is 2. The molecule has 3 aromatic rings. The third-order valence-electron chi connectivity index (χ3n) is 4.20. The quantitative estimate of drug-likeness (QED) is 0.329. The number of halogens is 1. The molecule has 0 aliphatic carbocycles. The second kappa shape index (κ2) is 9.36. The van der Waals surface area contributed by atoms with E-state index in [1.807, 2.05) is 36.6 Å². The van der Waals surface area contributed by atoms with Gasteiger partial charge in [0.1, 0.15) is 5.82 Å². The zero-order valence-electron chi connectivity index (χ0n) is 15.6. The number of nitrogens with zero attached hydrogens (tertiary/aromatic N) is 3. The Morgan fingerprint density at radius 3 is 2.69 bits per heavy atom. The van der Waals surface area contributed by atoms with E-state index in [2.05, 4.69) is 57.2 Å². The monoisotopic (exact) mass is 483 g/mol. The summed E-state index contributed by atoms with van der Waals surface area (Å²) in [6.07, 6.45) is 0.992. The van der Waals surface area contributed by atoms with E-state index in [4.69, 9.17) is 0 Å². The van der Waals surface area contributed by atoms with Gasteiger partial charge >= 0.3 is 0 Å². The standard InChI is InChI=1S/C19H25N5S.HI/c1-13(11-15-10-9-14(2)25-15)22-19(20-3)21-12-18-23-16-7-5-6-8-17(16)24(18)4;/h5-10,13H,11-12H2,1-4H3,(H2,20,21,22);1H. The first-order valence-electron chi connectivity index (χ1n) is 8.49. The Morgan fingerprint density at radius 2 is 2.04 bits per heavy atom. The van der Waals surface area contributed by atoms with E-state index >= 15 is 0 Å². The molecule has 3 rings (SSSR count). The highest BCUT2D eigenvalue weighted by molar-refractivity contribution is 14.0. The summed E-state index contributed by atoms with van der Waals surface area (Å²) in [5.74, 6) is 1.79. The number of aromatic nitrogens is 2. The second-order valence-electron chi connectivity index (χ2n) is 6.26. The summed E-state index contributed by atoms with van der Waals surface area (Å²) in [5, 5.41) is 6.82. The van der Waals surface area contributed by atoms with Crippen LogP contribution in [-0.2, 0) is 20.0 Å². The predicted molar refractivity (Wildman–Crippen MR) is 122 cm³/mol. The van der Waals surface area contributed by atoms with Gasteiger partial charge in [0.25, 0.3) is 0 Å². The lowest BCUT2D eigenvalue weighted by atomic mass is 10.2. The lowest BCUT2D eigenvalue weighted by Gasteiger charge is -2.17. The molecule has 140 valence electrons. The predicted octanol–water partition coefficient (Wildman–Crippen LogP) is 3.86. The van der Waals surface area contributed by atoms with E-state index in [9.17, 15) is 0 Å². The number of hydrogen-bond acceptors (Lipinski definition) is 3. The zero-order chi connectivity index (χ0) is 17.8. The van der Waals surface area contributed by atoms with E-state index in [1.54, 1.807) is 7.05 Å². The van der Waals surface area contributed by atoms with Crippen LogP contribution in [0.15, 0.2) is 41.4 Å². The topological polar surface area (TPSA) is 54.2 Å². The molecule has 0 fully saturated rings. The first kappa shape index (κ1) is 20.7. The van der Waals surface area contributed by atoms with E-state index in [0.29, 0.717) is 12.6 Å². The van der Waals surface area contributed by atoms with Crippen LogP contribution in [0, 0.1) is 6.92 Å². The Morgan fingerprint density at radius 1 is 1.27 bits per heavy atom. The summed E-state index contributed by atoms with van der Waals surface area (Å²) in [6.45, 7) is 4.95. The van der Waals surface area contributed by atoms with Gasteiger partial charge in [0.15, 0.2) is 5.96 Å². The van der Waals surface area contributed by atoms with E-state index in [0.717, 1.165) is 29.2 Å². The van der Waals surface area contributed by atoms with Crippen LogP contribution in [-0.4, -0.2) is 28.6 Å². The number of aryl methyl sites for hydroxylation is 2. The van der Waals surface area contributed by atoms with Crippen molar-refractivity contribution in [2.24, 2.45) is 12.0 Å². The van der Waals surface area contributed by atoms with Crippen LogP contribution in [0.4, 0.5) is 0 Å². The maximum Gasteiger partial charge on any atom is 0.191 e. The molecule has 0 spiro atoms. The van der Waals surface area contributed by atoms with E-state index in [1.165, 1.54) is 9.75 Å². The fourth-order valence-electron chi connectivity index (χ4n) is 2.89. The SMILES string of the molecule is CN=C(NCc1nc2ccccc2n1C)NC(C)Cc1ccc(C)s1.I. The zero-order valence-corrected chi connectivity index (χ0v) is 18.8. The maximum atomic E-state index is 4.69. The highest BCUT2D eigenvalue weighted by Gasteiger charge is 2.10. The molecule has 0 amide bonds. The Balaban J connectivity index is 0.00000243. The number of para-hydroxylation sites is 2. The number of rotatable bonds is 5. The fourth-order valence-corrected chi connectivity index (χ4v) is 3.91. The third kappa shape index (κ3) is 4.97. The van der Waals surface area contributed by atoms with Gasteiger partial charge in [-0.05, 0) is 38.1 Å². The van der Waals surface area contributed by atoms with Gasteiger partial charge in [0.2, 0.25) is 0 Å². The van der Waals surface area contributed by atoms with Crippen LogP contribution in [0.25, 0.3) is 11.0 Å². The number of thiophene rings is 1. The summed E-state index contributed by atoms with van der Waals surface area (Å²) >= 11 is 1.85. The Kier molecular flexibility index (Phi) is 7.45. The van der Waals surface area contributed by atoms with Crippen molar-refractivity contribution < 1.29 is 0 Å². The van der Waals surface area contributed by atoms with Crippen LogP contribution in [0.5, 0.6) is 0 Å². The van der Waals surface area contributed by atoms with Crippen LogP contribution in [0.2, 0.25) is 0 Å². The molecule has 2 heterocycles. The number of imidazole rings is 1. The van der Waals surface area contributed by atoms with Crippen LogP contribution in [0.1, 0.15) is 22.5 Å². The fraction of sp³-hybridized carbons (Fsp3) is 0.368. The normalized spacial score (nSPS) is 12.7. The summed E-state index contributed by atoms with van der Waals surface area (Å²) in [7, 11) is 3.84. The number of guanidine groups is 1. The van der Waals surface area contributed by atoms with Gasteiger partial charge in [-0.2, -0.15) is 0 Å². The summed E-state index contributed by atoms with van der Waals surface area (Å²) in [6, 6.07) is 12.9. The Bertz CT molecular complexity index is 883. The highest BCUT2D eigenvalue weighted by atomic mass is 127. The highest BCUT2D eigenvalue weighted by Crippen LogP contribution is 2.17. The molecule has 1 aromatic carbocycles. The Hall–Kier alpha value is -1.61. The molecule has 1 unspecified atom stereocenters. The van der Waals surface area contributed by atoms with Gasteiger partial charge in [-0.3, -0.25) is 4.99 Å². The largest absolute Gasteiger partial charge is 0.354 e. The molecular weight excluding hydrogens is 457 g/mol. The van der Waals surface area contributed by atoms with Crippen molar-refractivity contribution in [2.75, 3.05) is 7.05 Å². The summed E-state index contributed by atoms with van der Waals surface area (Å²) in [5.41, 5.74) is 2.16. The van der Waals surface area contributed by atoms with Crippen LogP contribution >= 0.6 is 35.3 Å². The summed E-state index contributed by atoms with van der Waals surface area (Å²) < 4.78 is 2.12. The molecule has 0 aliphatic heterocycles. The number of nitrogens with one attached hydrogen (secondary N) is 2. The molecule has 0 bridgehead atoms. The van der Waals surface area contributed by atoms with E-state index in [-0.39, 0.29) is 24.0 Å². The minimum Gasteiger partial charge on any atom is -0.354 e. The lowest BCUT2D eigenvalue weighted by Crippen LogP contribution is -2.42. The average molecular weight is 483 g/mol. The Labute approximate surface area is 176 Å². The molecule has 0 saturated heterocycles. The van der Waals surface area contributed by atoms with Crippen molar-refractivity contribution in [1.29, 1.82) is 0 Å². The molecule has 7 heteroatoms. The van der Waals surface area contributed by atoms with Gasteiger partial charge in [0, 0.05) is 36.3 Å². The van der Waals surface area contributed by atoms with Gasteiger partial charge in [-0.15, -0.1) is 35.3 Å². The van der Waals surface area contributed by atoms with Gasteiger partial charge in [0.05, 0.1) is 17.6 Å². The van der Waals surface area contributed by atoms with Crippen molar-refractivity contribution >= 4 is 52.3 Å². The molecule has 5 nitrogen and oxygen atoms in total.